The first kappa shape index (κ1) is 18.2. The molecule has 0 saturated heterocycles. The van der Waals surface area contributed by atoms with E-state index in [0.717, 1.165) is 15.9 Å². The summed E-state index contributed by atoms with van der Waals surface area (Å²) in [6, 6.07) is 14.1. The second kappa shape index (κ2) is 7.36. The van der Waals surface area contributed by atoms with Crippen LogP contribution in [-0.2, 0) is 0 Å². The molecule has 1 amide bonds. The predicted molar refractivity (Wildman–Crippen MR) is 107 cm³/mol. The third-order valence-corrected chi connectivity index (χ3v) is 4.51. The van der Waals surface area contributed by atoms with Crippen molar-refractivity contribution in [3.8, 4) is 11.8 Å². The van der Waals surface area contributed by atoms with Crippen molar-refractivity contribution >= 4 is 46.0 Å². The summed E-state index contributed by atoms with van der Waals surface area (Å²) in [4.78, 5) is 18.6. The van der Waals surface area contributed by atoms with Crippen LogP contribution in [0.3, 0.4) is 0 Å². The van der Waals surface area contributed by atoms with Crippen LogP contribution in [0, 0.1) is 11.3 Å². The summed E-state index contributed by atoms with van der Waals surface area (Å²) >= 11 is 6.07. The van der Waals surface area contributed by atoms with Crippen molar-refractivity contribution in [1.82, 2.24) is 4.98 Å². The van der Waals surface area contributed by atoms with Gasteiger partial charge in [0.15, 0.2) is 0 Å². The highest BCUT2D eigenvalue weighted by Gasteiger charge is 2.25. The average Bonchev–Trinajstić information content (AvgIpc) is 3.07. The Hall–Kier alpha value is -2.56. The molecule has 2 aromatic carbocycles. The number of ether oxygens (including phenoxy) is 1. The first-order valence-electron chi connectivity index (χ1n) is 7.91. The number of thiazole rings is 1. The molecule has 0 unspecified atom stereocenters. The molecule has 3 aromatic rings. The van der Waals surface area contributed by atoms with Crippen molar-refractivity contribution in [3.05, 3.63) is 53.5 Å². The molecule has 5 nitrogen and oxygen atoms in total. The van der Waals surface area contributed by atoms with Crippen LogP contribution in [0.4, 0.5) is 10.5 Å². The van der Waals surface area contributed by atoms with Gasteiger partial charge in [0.1, 0.15) is 5.75 Å². The van der Waals surface area contributed by atoms with E-state index >= 15 is 0 Å². The molecular weight excluding hydrogens is 366 g/mol. The summed E-state index contributed by atoms with van der Waals surface area (Å²) in [7, 11) is 0. The quantitative estimate of drug-likeness (QED) is 0.652. The summed E-state index contributed by atoms with van der Waals surface area (Å²) in [5.41, 5.74) is 3.90. The molecule has 26 heavy (non-hydrogen) atoms. The molecule has 0 radical (unpaired) electrons. The Labute approximate surface area is 161 Å². The normalized spacial score (nSPS) is 11.2. The predicted octanol–water partition coefficient (Wildman–Crippen LogP) is 4.88. The van der Waals surface area contributed by atoms with Crippen LogP contribution in [0.25, 0.3) is 10.2 Å². The summed E-state index contributed by atoms with van der Waals surface area (Å²) in [6.07, 6.45) is -0.499. The Morgan fingerprint density at radius 2 is 2.04 bits per heavy atom. The van der Waals surface area contributed by atoms with E-state index in [2.05, 4.69) is 17.6 Å². The van der Waals surface area contributed by atoms with Gasteiger partial charge in [-0.25, -0.2) is 9.78 Å². The second-order valence-electron chi connectivity index (χ2n) is 6.41. The molecule has 0 spiro atoms. The van der Waals surface area contributed by atoms with Crippen LogP contribution >= 0.6 is 24.0 Å². The second-order valence-corrected chi connectivity index (χ2v) is 8.50. The summed E-state index contributed by atoms with van der Waals surface area (Å²) in [6.45, 7) is 4.24. The van der Waals surface area contributed by atoms with Crippen LogP contribution in [0.2, 0.25) is 0 Å². The van der Waals surface area contributed by atoms with E-state index in [4.69, 9.17) is 10.00 Å². The number of amides is 1. The van der Waals surface area contributed by atoms with Gasteiger partial charge in [-0.05, 0) is 56.3 Å². The number of rotatable bonds is 4. The Morgan fingerprint density at radius 1 is 1.31 bits per heavy atom. The fourth-order valence-corrected chi connectivity index (χ4v) is 3.26. The number of carbonyl (C=O) groups is 1. The number of aromatic nitrogens is 1. The van der Waals surface area contributed by atoms with Crippen molar-refractivity contribution in [2.45, 2.75) is 18.6 Å². The van der Waals surface area contributed by atoms with Gasteiger partial charge in [-0.3, -0.25) is 4.90 Å². The molecular formula is C19H17N3O2S2. The maximum Gasteiger partial charge on any atom is 0.419 e. The molecule has 3 rings (SSSR count). The molecule has 0 saturated carbocycles. The lowest BCUT2D eigenvalue weighted by atomic mass is 10.1. The largest absolute Gasteiger partial charge is 0.419 e. The molecule has 1 aromatic heterocycles. The molecule has 0 bridgehead atoms. The van der Waals surface area contributed by atoms with E-state index < -0.39 is 10.8 Å². The number of hydrogen-bond acceptors (Lipinski definition) is 6. The van der Waals surface area contributed by atoms with Gasteiger partial charge in [0.2, 0.25) is 0 Å². The van der Waals surface area contributed by atoms with Crippen LogP contribution in [-0.4, -0.2) is 22.4 Å². The smallest absolute Gasteiger partial charge is 0.410 e. The van der Waals surface area contributed by atoms with Gasteiger partial charge in [0.25, 0.3) is 0 Å². The number of anilines is 1. The molecule has 7 heteroatoms. The van der Waals surface area contributed by atoms with Gasteiger partial charge in [0, 0.05) is 17.0 Å². The van der Waals surface area contributed by atoms with Gasteiger partial charge < -0.3 is 4.74 Å². The number of benzene rings is 2. The summed E-state index contributed by atoms with van der Waals surface area (Å²) in [5.74, 6) is 0.384. The minimum Gasteiger partial charge on any atom is -0.410 e. The van der Waals surface area contributed by atoms with Crippen LogP contribution in [0.1, 0.15) is 19.4 Å². The molecule has 1 heterocycles. The van der Waals surface area contributed by atoms with E-state index in [1.165, 1.54) is 11.3 Å². The first-order valence-corrected chi connectivity index (χ1v) is 9.23. The van der Waals surface area contributed by atoms with Gasteiger partial charge in [-0.15, -0.1) is 11.3 Å². The lowest BCUT2D eigenvalue weighted by molar-refractivity contribution is 0.207. The maximum absolute atomic E-state index is 12.8. The topological polar surface area (TPSA) is 66.2 Å². The number of hydrogen-bond donors (Lipinski definition) is 1. The first-order chi connectivity index (χ1) is 12.4. The Bertz CT molecular complexity index is 969. The number of nitriles is 1. The van der Waals surface area contributed by atoms with Gasteiger partial charge in [-0.2, -0.15) is 17.9 Å². The molecule has 0 aliphatic carbocycles. The van der Waals surface area contributed by atoms with E-state index in [0.29, 0.717) is 17.9 Å². The standard InChI is InChI=1S/C19H17N3O2S2/c1-19(2,25)11-22(14-5-8-16-17(9-14)26-12-21-16)18(23)24-15-6-3-13(10-20)4-7-15/h3-9,12,25H,11H2,1-2H3. The van der Waals surface area contributed by atoms with Crippen LogP contribution in [0.15, 0.2) is 48.0 Å². The zero-order chi connectivity index (χ0) is 18.7. The van der Waals surface area contributed by atoms with Crippen molar-refractivity contribution in [2.24, 2.45) is 0 Å². The van der Waals surface area contributed by atoms with Gasteiger partial charge in [0.05, 0.1) is 27.4 Å². The number of fused-ring (bicyclic) bond motifs is 1. The monoisotopic (exact) mass is 383 g/mol. The van der Waals surface area contributed by atoms with Crippen molar-refractivity contribution in [2.75, 3.05) is 11.4 Å². The maximum atomic E-state index is 12.8. The lowest BCUT2D eigenvalue weighted by Gasteiger charge is -2.28. The summed E-state index contributed by atoms with van der Waals surface area (Å²) < 4.78 is 6.09. The molecule has 0 aliphatic heterocycles. The van der Waals surface area contributed by atoms with Gasteiger partial charge >= 0.3 is 6.09 Å². The fourth-order valence-electron chi connectivity index (χ4n) is 2.41. The Kier molecular flexibility index (Phi) is 5.16. The number of thiol groups is 1. The summed E-state index contributed by atoms with van der Waals surface area (Å²) in [5, 5.41) is 8.87. The third kappa shape index (κ3) is 4.34. The molecule has 0 aliphatic rings. The minimum absolute atomic E-state index is 0.371. The van der Waals surface area contributed by atoms with Crippen molar-refractivity contribution in [3.63, 3.8) is 0 Å². The van der Waals surface area contributed by atoms with Gasteiger partial charge in [-0.1, -0.05) is 0 Å². The Balaban J connectivity index is 1.89. The highest BCUT2D eigenvalue weighted by molar-refractivity contribution is 7.81. The third-order valence-electron chi connectivity index (χ3n) is 3.58. The zero-order valence-corrected chi connectivity index (χ0v) is 16.1. The van der Waals surface area contributed by atoms with Crippen molar-refractivity contribution < 1.29 is 9.53 Å². The lowest BCUT2D eigenvalue weighted by Crippen LogP contribution is -2.41. The van der Waals surface area contributed by atoms with Crippen LogP contribution < -0.4 is 9.64 Å². The minimum atomic E-state index is -0.499. The highest BCUT2D eigenvalue weighted by atomic mass is 32.1. The zero-order valence-electron chi connectivity index (χ0n) is 14.3. The SMILES string of the molecule is CC(C)(S)CN(C(=O)Oc1ccc(C#N)cc1)c1ccc2ncsc2c1. The van der Waals surface area contributed by atoms with E-state index in [-0.39, 0.29) is 0 Å². The van der Waals surface area contributed by atoms with E-state index in [1.54, 1.807) is 34.7 Å². The fraction of sp³-hybridized carbons (Fsp3) is 0.211. The number of nitrogens with zero attached hydrogens (tertiary/aromatic N) is 3. The van der Waals surface area contributed by atoms with E-state index in [9.17, 15) is 4.79 Å². The number of carbonyl (C=O) groups excluding carboxylic acids is 1. The Morgan fingerprint density at radius 3 is 2.69 bits per heavy atom. The van der Waals surface area contributed by atoms with Crippen molar-refractivity contribution in [1.29, 1.82) is 5.26 Å². The average molecular weight is 383 g/mol. The van der Waals surface area contributed by atoms with Crippen LogP contribution in [0.5, 0.6) is 5.75 Å². The molecule has 132 valence electrons. The highest BCUT2D eigenvalue weighted by Crippen LogP contribution is 2.27. The molecule has 0 fully saturated rings. The molecule has 0 atom stereocenters. The van der Waals surface area contributed by atoms with E-state index in [1.807, 2.05) is 38.1 Å². The molecule has 0 N–H and O–H groups in total.